The summed E-state index contributed by atoms with van der Waals surface area (Å²) in [4.78, 5) is 11.8. The number of hydrogen-bond acceptors (Lipinski definition) is 4. The molecule has 1 heterocycles. The van der Waals surface area contributed by atoms with Gasteiger partial charge in [0.15, 0.2) is 0 Å². The summed E-state index contributed by atoms with van der Waals surface area (Å²) in [7, 11) is 0. The van der Waals surface area contributed by atoms with Gasteiger partial charge in [0.05, 0.1) is 0 Å². The molecule has 2 fully saturated rings. The smallest absolute Gasteiger partial charge is 0.407 e. The minimum atomic E-state index is -0.415. The van der Waals surface area contributed by atoms with Crippen molar-refractivity contribution in [3.8, 4) is 0 Å². The fourth-order valence-electron chi connectivity index (χ4n) is 3.08. The van der Waals surface area contributed by atoms with Crippen LogP contribution in [0.25, 0.3) is 0 Å². The first-order valence-corrected chi connectivity index (χ1v) is 9.41. The summed E-state index contributed by atoms with van der Waals surface area (Å²) in [6.07, 6.45) is 6.81. The number of amides is 1. The number of thioether (sulfide) groups is 1. The molecule has 0 bridgehead atoms. The van der Waals surface area contributed by atoms with Crippen LogP contribution in [-0.4, -0.2) is 41.3 Å². The molecule has 1 atom stereocenters. The molecule has 21 heavy (non-hydrogen) atoms. The number of carbonyl (C=O) groups excluding carboxylic acids is 1. The van der Waals surface area contributed by atoms with Crippen molar-refractivity contribution >= 4 is 17.9 Å². The predicted octanol–water partition coefficient (Wildman–Crippen LogP) is 3.31. The average molecular weight is 314 g/mol. The lowest BCUT2D eigenvalue weighted by molar-refractivity contribution is 0.0489. The Balaban J connectivity index is 1.64. The van der Waals surface area contributed by atoms with E-state index in [2.05, 4.69) is 22.4 Å². The van der Waals surface area contributed by atoms with Gasteiger partial charge < -0.3 is 15.4 Å². The third-order valence-electron chi connectivity index (χ3n) is 4.08. The number of alkyl carbamates (subject to hydrolysis) is 1. The van der Waals surface area contributed by atoms with Gasteiger partial charge in [-0.05, 0) is 65.0 Å². The van der Waals surface area contributed by atoms with Gasteiger partial charge in [-0.25, -0.2) is 4.79 Å². The first-order chi connectivity index (χ1) is 9.92. The van der Waals surface area contributed by atoms with Crippen molar-refractivity contribution in [3.05, 3.63) is 0 Å². The highest BCUT2D eigenvalue weighted by molar-refractivity contribution is 7.99. The van der Waals surface area contributed by atoms with Crippen LogP contribution in [0.1, 0.15) is 59.3 Å². The zero-order chi connectivity index (χ0) is 15.3. The van der Waals surface area contributed by atoms with E-state index in [1.807, 2.05) is 20.8 Å². The van der Waals surface area contributed by atoms with Gasteiger partial charge in [0.25, 0.3) is 0 Å². The number of rotatable bonds is 3. The van der Waals surface area contributed by atoms with Gasteiger partial charge in [0.2, 0.25) is 0 Å². The Bertz CT molecular complexity index is 330. The third kappa shape index (κ3) is 6.47. The van der Waals surface area contributed by atoms with Crippen LogP contribution in [0, 0.1) is 0 Å². The molecule has 122 valence electrons. The minimum Gasteiger partial charge on any atom is -0.444 e. The van der Waals surface area contributed by atoms with Crippen LogP contribution in [-0.2, 0) is 4.74 Å². The van der Waals surface area contributed by atoms with Crippen LogP contribution in [0.4, 0.5) is 4.79 Å². The molecular weight excluding hydrogens is 284 g/mol. The van der Waals surface area contributed by atoms with Gasteiger partial charge in [0, 0.05) is 23.9 Å². The molecule has 5 heteroatoms. The molecule has 2 aliphatic rings. The Hall–Kier alpha value is -0.420. The second kappa shape index (κ2) is 7.73. The van der Waals surface area contributed by atoms with Crippen molar-refractivity contribution in [1.29, 1.82) is 0 Å². The van der Waals surface area contributed by atoms with Crippen molar-refractivity contribution in [1.82, 2.24) is 10.6 Å². The van der Waals surface area contributed by atoms with E-state index in [1.54, 1.807) is 0 Å². The van der Waals surface area contributed by atoms with E-state index in [-0.39, 0.29) is 12.1 Å². The van der Waals surface area contributed by atoms with Crippen molar-refractivity contribution in [2.45, 2.75) is 83.0 Å². The summed E-state index contributed by atoms with van der Waals surface area (Å²) in [6, 6.07) is 1.60. The number of nitrogens with one attached hydrogen (secondary N) is 2. The van der Waals surface area contributed by atoms with Gasteiger partial charge in [0.1, 0.15) is 5.60 Å². The van der Waals surface area contributed by atoms with Gasteiger partial charge in [-0.2, -0.15) is 11.8 Å². The van der Waals surface area contributed by atoms with Crippen LogP contribution in [0.2, 0.25) is 0 Å². The van der Waals surface area contributed by atoms with E-state index in [4.69, 9.17) is 4.74 Å². The van der Waals surface area contributed by atoms with Gasteiger partial charge in [-0.1, -0.05) is 0 Å². The normalized spacial score (nSPS) is 30.7. The standard InChI is InChI=1S/C16H30N2O2S/c1-16(2,3)20-15(19)18-13-8-6-12(7-9-13)17-14-5-4-10-21-11-14/h12-14,17H,4-11H2,1-3H3,(H,18,19). The van der Waals surface area contributed by atoms with E-state index in [9.17, 15) is 4.79 Å². The lowest BCUT2D eigenvalue weighted by atomic mass is 9.90. The Morgan fingerprint density at radius 1 is 1.05 bits per heavy atom. The van der Waals surface area contributed by atoms with Crippen molar-refractivity contribution in [2.75, 3.05) is 11.5 Å². The summed E-state index contributed by atoms with van der Waals surface area (Å²) in [5.74, 6) is 2.58. The number of carbonyl (C=O) groups is 1. The van der Waals surface area contributed by atoms with E-state index >= 15 is 0 Å². The largest absolute Gasteiger partial charge is 0.444 e. The molecular formula is C16H30N2O2S. The number of hydrogen-bond donors (Lipinski definition) is 2. The maximum Gasteiger partial charge on any atom is 0.407 e. The third-order valence-corrected chi connectivity index (χ3v) is 5.30. The topological polar surface area (TPSA) is 50.4 Å². The Morgan fingerprint density at radius 2 is 1.71 bits per heavy atom. The Labute approximate surface area is 133 Å². The molecule has 1 aliphatic heterocycles. The molecule has 1 unspecified atom stereocenters. The average Bonchev–Trinajstić information content (AvgIpc) is 2.40. The monoisotopic (exact) mass is 314 g/mol. The highest BCUT2D eigenvalue weighted by Crippen LogP contribution is 2.23. The van der Waals surface area contributed by atoms with E-state index in [1.165, 1.54) is 24.3 Å². The summed E-state index contributed by atoms with van der Waals surface area (Å²) < 4.78 is 5.32. The van der Waals surface area contributed by atoms with E-state index < -0.39 is 5.60 Å². The predicted molar refractivity (Wildman–Crippen MR) is 88.9 cm³/mol. The van der Waals surface area contributed by atoms with Crippen molar-refractivity contribution in [2.24, 2.45) is 0 Å². The molecule has 1 amide bonds. The molecule has 0 radical (unpaired) electrons. The van der Waals surface area contributed by atoms with Crippen LogP contribution in [0.5, 0.6) is 0 Å². The maximum atomic E-state index is 11.8. The molecule has 0 aromatic heterocycles. The van der Waals surface area contributed by atoms with Crippen molar-refractivity contribution in [3.63, 3.8) is 0 Å². The Kier molecular flexibility index (Phi) is 6.23. The molecule has 0 spiro atoms. The van der Waals surface area contributed by atoms with Gasteiger partial charge in [-0.3, -0.25) is 0 Å². The molecule has 1 saturated heterocycles. The second-order valence-corrected chi connectivity index (χ2v) is 8.43. The van der Waals surface area contributed by atoms with Gasteiger partial charge in [-0.15, -0.1) is 0 Å². The highest BCUT2D eigenvalue weighted by atomic mass is 32.2. The van der Waals surface area contributed by atoms with Gasteiger partial charge >= 0.3 is 6.09 Å². The zero-order valence-electron chi connectivity index (χ0n) is 13.6. The minimum absolute atomic E-state index is 0.275. The molecule has 2 rings (SSSR count). The molecule has 0 aromatic carbocycles. The lowest BCUT2D eigenvalue weighted by Crippen LogP contribution is -2.47. The first-order valence-electron chi connectivity index (χ1n) is 8.26. The number of ether oxygens (including phenoxy) is 1. The molecule has 1 saturated carbocycles. The van der Waals surface area contributed by atoms with Crippen LogP contribution in [0.15, 0.2) is 0 Å². The van der Waals surface area contributed by atoms with Crippen molar-refractivity contribution < 1.29 is 9.53 Å². The first kappa shape index (κ1) is 16.9. The van der Waals surface area contributed by atoms with Crippen LogP contribution in [0.3, 0.4) is 0 Å². The molecule has 4 nitrogen and oxygen atoms in total. The zero-order valence-corrected chi connectivity index (χ0v) is 14.4. The van der Waals surface area contributed by atoms with Crippen LogP contribution >= 0.6 is 11.8 Å². The highest BCUT2D eigenvalue weighted by Gasteiger charge is 2.26. The second-order valence-electron chi connectivity index (χ2n) is 7.28. The summed E-state index contributed by atoms with van der Waals surface area (Å²) in [5, 5.41) is 6.81. The maximum absolute atomic E-state index is 11.8. The SMILES string of the molecule is CC(C)(C)OC(=O)NC1CCC(NC2CCCSC2)CC1. The fourth-order valence-corrected chi connectivity index (χ4v) is 4.17. The molecule has 1 aliphatic carbocycles. The van der Waals surface area contributed by atoms with E-state index in [0.717, 1.165) is 25.7 Å². The lowest BCUT2D eigenvalue weighted by Gasteiger charge is -2.34. The molecule has 0 aromatic rings. The fraction of sp³-hybridized carbons (Fsp3) is 0.938. The quantitative estimate of drug-likeness (QED) is 0.839. The van der Waals surface area contributed by atoms with Crippen LogP contribution < -0.4 is 10.6 Å². The summed E-state index contributed by atoms with van der Waals surface area (Å²) >= 11 is 2.07. The van der Waals surface area contributed by atoms with E-state index in [0.29, 0.717) is 12.1 Å². The Morgan fingerprint density at radius 3 is 2.29 bits per heavy atom. The summed E-state index contributed by atoms with van der Waals surface area (Å²) in [5.41, 5.74) is -0.415. The molecule has 2 N–H and O–H groups in total. The summed E-state index contributed by atoms with van der Waals surface area (Å²) in [6.45, 7) is 5.70.